The number of carbonyl (C=O) groups is 1. The van der Waals surface area contributed by atoms with Crippen molar-refractivity contribution >= 4 is 5.91 Å². The summed E-state index contributed by atoms with van der Waals surface area (Å²) in [6.45, 7) is 7.16. The van der Waals surface area contributed by atoms with Crippen molar-refractivity contribution in [1.82, 2.24) is 14.7 Å². The lowest BCUT2D eigenvalue weighted by Gasteiger charge is -2.40. The molecule has 0 spiro atoms. The molecule has 5 nitrogen and oxygen atoms in total. The Morgan fingerprint density at radius 2 is 2.09 bits per heavy atom. The largest absolute Gasteiger partial charge is 0.487 e. The highest BCUT2D eigenvalue weighted by Gasteiger charge is 2.35. The standard InChI is InChI=1S/C17H21N3O2/c1-12-5-4-6-15(7-12)22-16-10-19(11-16)17(21)14(3)20-9-13(2)8-18-20/h4-9,14,16H,10-11H2,1-3H3. The fraction of sp³-hybridized carbons (Fsp3) is 0.412. The van der Waals surface area contributed by atoms with E-state index in [1.165, 1.54) is 5.56 Å². The topological polar surface area (TPSA) is 47.4 Å². The summed E-state index contributed by atoms with van der Waals surface area (Å²) < 4.78 is 7.60. The van der Waals surface area contributed by atoms with E-state index in [1.54, 1.807) is 10.9 Å². The smallest absolute Gasteiger partial charge is 0.247 e. The maximum atomic E-state index is 12.4. The Kier molecular flexibility index (Phi) is 3.88. The highest BCUT2D eigenvalue weighted by molar-refractivity contribution is 5.80. The van der Waals surface area contributed by atoms with Gasteiger partial charge in [0.25, 0.3) is 0 Å². The van der Waals surface area contributed by atoms with Gasteiger partial charge in [-0.1, -0.05) is 12.1 Å². The van der Waals surface area contributed by atoms with Crippen molar-refractivity contribution in [1.29, 1.82) is 0 Å². The molecule has 1 aromatic carbocycles. The molecule has 1 unspecified atom stereocenters. The van der Waals surface area contributed by atoms with Crippen molar-refractivity contribution in [2.75, 3.05) is 13.1 Å². The molecule has 3 rings (SSSR count). The average Bonchev–Trinajstić information content (AvgIpc) is 2.87. The minimum absolute atomic E-state index is 0.0808. The molecule has 0 N–H and O–H groups in total. The molecular weight excluding hydrogens is 278 g/mol. The van der Waals surface area contributed by atoms with Gasteiger partial charge in [-0.15, -0.1) is 0 Å². The highest BCUT2D eigenvalue weighted by atomic mass is 16.5. The molecule has 1 atom stereocenters. The molecule has 5 heteroatoms. The molecule has 0 saturated carbocycles. The molecule has 2 heterocycles. The molecule has 116 valence electrons. The van der Waals surface area contributed by atoms with E-state index in [0.29, 0.717) is 13.1 Å². The number of nitrogens with zero attached hydrogens (tertiary/aromatic N) is 3. The SMILES string of the molecule is Cc1cccc(OC2CN(C(=O)C(C)n3cc(C)cn3)C2)c1. The van der Waals surface area contributed by atoms with E-state index < -0.39 is 0 Å². The molecule has 0 aliphatic carbocycles. The number of rotatable bonds is 4. The van der Waals surface area contributed by atoms with Crippen LogP contribution in [0.4, 0.5) is 0 Å². The van der Waals surface area contributed by atoms with Gasteiger partial charge < -0.3 is 9.64 Å². The minimum Gasteiger partial charge on any atom is -0.487 e. The Balaban J connectivity index is 1.53. The number of hydrogen-bond donors (Lipinski definition) is 0. The zero-order valence-corrected chi connectivity index (χ0v) is 13.2. The van der Waals surface area contributed by atoms with Gasteiger partial charge >= 0.3 is 0 Å². The summed E-state index contributed by atoms with van der Waals surface area (Å²) in [5, 5.41) is 4.21. The second-order valence-electron chi connectivity index (χ2n) is 5.97. The van der Waals surface area contributed by atoms with Crippen LogP contribution < -0.4 is 4.74 Å². The van der Waals surface area contributed by atoms with E-state index in [4.69, 9.17) is 4.74 Å². The molecule has 2 aromatic rings. The van der Waals surface area contributed by atoms with Crippen LogP contribution in [0, 0.1) is 13.8 Å². The van der Waals surface area contributed by atoms with Gasteiger partial charge in [-0.05, 0) is 44.0 Å². The second-order valence-corrected chi connectivity index (χ2v) is 5.97. The van der Waals surface area contributed by atoms with Gasteiger partial charge in [0.05, 0.1) is 19.3 Å². The summed E-state index contributed by atoms with van der Waals surface area (Å²) in [5.74, 6) is 0.958. The molecule has 1 aromatic heterocycles. The summed E-state index contributed by atoms with van der Waals surface area (Å²) in [6, 6.07) is 7.71. The zero-order chi connectivity index (χ0) is 15.7. The van der Waals surface area contributed by atoms with Crippen molar-refractivity contribution < 1.29 is 9.53 Å². The van der Waals surface area contributed by atoms with Gasteiger partial charge in [0.1, 0.15) is 17.9 Å². The van der Waals surface area contributed by atoms with Gasteiger partial charge in [-0.25, -0.2) is 0 Å². The zero-order valence-electron chi connectivity index (χ0n) is 13.2. The van der Waals surface area contributed by atoms with Gasteiger partial charge in [0.15, 0.2) is 0 Å². The van der Waals surface area contributed by atoms with Crippen LogP contribution >= 0.6 is 0 Å². The van der Waals surface area contributed by atoms with Crippen LogP contribution in [0.2, 0.25) is 0 Å². The number of aromatic nitrogens is 2. The van der Waals surface area contributed by atoms with Gasteiger partial charge in [-0.3, -0.25) is 9.48 Å². The van der Waals surface area contributed by atoms with Gasteiger partial charge in [-0.2, -0.15) is 5.10 Å². The first kappa shape index (κ1) is 14.6. The first-order valence-electron chi connectivity index (χ1n) is 7.56. The summed E-state index contributed by atoms with van der Waals surface area (Å²) in [4.78, 5) is 14.2. The number of carbonyl (C=O) groups excluding carboxylic acids is 1. The van der Waals surface area contributed by atoms with Crippen LogP contribution in [-0.4, -0.2) is 39.8 Å². The van der Waals surface area contributed by atoms with Crippen LogP contribution in [-0.2, 0) is 4.79 Å². The minimum atomic E-state index is -0.270. The van der Waals surface area contributed by atoms with E-state index in [1.807, 2.05) is 56.1 Å². The Bertz CT molecular complexity index is 674. The molecule has 1 amide bonds. The predicted octanol–water partition coefficient (Wildman–Crippen LogP) is 2.35. The van der Waals surface area contributed by atoms with Crippen LogP contribution in [0.15, 0.2) is 36.7 Å². The number of benzene rings is 1. The Labute approximate surface area is 130 Å². The number of aryl methyl sites for hydroxylation is 2. The van der Waals surface area contributed by atoms with Crippen molar-refractivity contribution in [2.24, 2.45) is 0 Å². The third-order valence-electron chi connectivity index (χ3n) is 3.94. The predicted molar refractivity (Wildman–Crippen MR) is 83.9 cm³/mol. The lowest BCUT2D eigenvalue weighted by molar-refractivity contribution is -0.143. The maximum Gasteiger partial charge on any atom is 0.247 e. The molecule has 0 bridgehead atoms. The fourth-order valence-corrected chi connectivity index (χ4v) is 2.60. The number of amides is 1. The number of ether oxygens (including phenoxy) is 1. The van der Waals surface area contributed by atoms with Crippen LogP contribution in [0.5, 0.6) is 5.75 Å². The molecule has 22 heavy (non-hydrogen) atoms. The third-order valence-corrected chi connectivity index (χ3v) is 3.94. The van der Waals surface area contributed by atoms with Crippen LogP contribution in [0.25, 0.3) is 0 Å². The summed E-state index contributed by atoms with van der Waals surface area (Å²) >= 11 is 0. The second kappa shape index (κ2) is 5.83. The lowest BCUT2D eigenvalue weighted by Crippen LogP contribution is -2.57. The van der Waals surface area contributed by atoms with Crippen LogP contribution in [0.3, 0.4) is 0 Å². The molecule has 1 saturated heterocycles. The molecule has 1 fully saturated rings. The van der Waals surface area contributed by atoms with E-state index in [0.717, 1.165) is 11.3 Å². The molecular formula is C17H21N3O2. The van der Waals surface area contributed by atoms with E-state index >= 15 is 0 Å². The summed E-state index contributed by atoms with van der Waals surface area (Å²) in [7, 11) is 0. The normalized spacial score (nSPS) is 16.2. The third kappa shape index (κ3) is 2.98. The molecule has 0 radical (unpaired) electrons. The fourth-order valence-electron chi connectivity index (χ4n) is 2.60. The van der Waals surface area contributed by atoms with Crippen molar-refractivity contribution in [3.05, 3.63) is 47.8 Å². The molecule has 1 aliphatic heterocycles. The number of likely N-dealkylation sites (tertiary alicyclic amines) is 1. The van der Waals surface area contributed by atoms with E-state index in [9.17, 15) is 4.79 Å². The number of hydrogen-bond acceptors (Lipinski definition) is 3. The monoisotopic (exact) mass is 299 g/mol. The quantitative estimate of drug-likeness (QED) is 0.870. The van der Waals surface area contributed by atoms with Gasteiger partial charge in [0, 0.05) is 6.20 Å². The Morgan fingerprint density at radius 1 is 1.32 bits per heavy atom. The molecule has 1 aliphatic rings. The van der Waals surface area contributed by atoms with Crippen molar-refractivity contribution in [2.45, 2.75) is 32.9 Å². The maximum absolute atomic E-state index is 12.4. The Hall–Kier alpha value is -2.30. The lowest BCUT2D eigenvalue weighted by atomic mass is 10.1. The van der Waals surface area contributed by atoms with E-state index in [2.05, 4.69) is 5.10 Å². The first-order valence-corrected chi connectivity index (χ1v) is 7.56. The summed E-state index contributed by atoms with van der Waals surface area (Å²) in [5.41, 5.74) is 2.23. The van der Waals surface area contributed by atoms with Gasteiger partial charge in [0.2, 0.25) is 5.91 Å². The van der Waals surface area contributed by atoms with Crippen molar-refractivity contribution in [3.63, 3.8) is 0 Å². The Morgan fingerprint density at radius 3 is 2.73 bits per heavy atom. The summed E-state index contributed by atoms with van der Waals surface area (Å²) in [6.07, 6.45) is 3.74. The van der Waals surface area contributed by atoms with E-state index in [-0.39, 0.29) is 18.1 Å². The first-order chi connectivity index (χ1) is 10.5. The van der Waals surface area contributed by atoms with Crippen LogP contribution in [0.1, 0.15) is 24.1 Å². The van der Waals surface area contributed by atoms with Crippen molar-refractivity contribution in [3.8, 4) is 5.75 Å². The highest BCUT2D eigenvalue weighted by Crippen LogP contribution is 2.21. The average molecular weight is 299 g/mol.